The van der Waals surface area contributed by atoms with E-state index in [9.17, 15) is 4.79 Å². The van der Waals surface area contributed by atoms with E-state index in [1.54, 1.807) is 13.2 Å². The number of hydrogen-bond acceptors (Lipinski definition) is 5. The molecule has 0 bridgehead atoms. The molecule has 0 saturated heterocycles. The summed E-state index contributed by atoms with van der Waals surface area (Å²) in [6.45, 7) is 2.11. The van der Waals surface area contributed by atoms with E-state index >= 15 is 0 Å². The summed E-state index contributed by atoms with van der Waals surface area (Å²) in [7, 11) is 1.65. The summed E-state index contributed by atoms with van der Waals surface area (Å²) in [5, 5.41) is 13.3. The molecule has 0 amide bonds. The molecule has 3 rings (SSSR count). The third kappa shape index (κ3) is 3.09. The van der Waals surface area contributed by atoms with Crippen molar-refractivity contribution in [1.82, 2.24) is 25.6 Å². The van der Waals surface area contributed by atoms with Crippen LogP contribution in [0.2, 0.25) is 0 Å². The van der Waals surface area contributed by atoms with E-state index in [2.05, 4.69) is 48.5 Å². The van der Waals surface area contributed by atoms with Gasteiger partial charge in [0.05, 0.1) is 17.1 Å². The monoisotopic (exact) mass is 389 g/mol. The number of pyridine rings is 1. The highest BCUT2D eigenvalue weighted by molar-refractivity contribution is 9.10. The summed E-state index contributed by atoms with van der Waals surface area (Å²) >= 11 is 3.54. The summed E-state index contributed by atoms with van der Waals surface area (Å²) in [5.41, 5.74) is 2.86. The van der Waals surface area contributed by atoms with E-state index in [1.165, 1.54) is 0 Å². The second-order valence-corrected chi connectivity index (χ2v) is 6.12. The van der Waals surface area contributed by atoms with E-state index in [1.807, 2.05) is 18.2 Å². The molecular formula is C16H16BrN5O2. The number of rotatable bonds is 5. The summed E-state index contributed by atoms with van der Waals surface area (Å²) < 4.78 is 6.32. The van der Waals surface area contributed by atoms with Gasteiger partial charge in [-0.1, -0.05) is 13.3 Å². The van der Waals surface area contributed by atoms with Crippen molar-refractivity contribution in [3.8, 4) is 28.4 Å². The molecule has 8 heteroatoms. The first-order valence-electron chi connectivity index (χ1n) is 7.48. The molecule has 7 nitrogen and oxygen atoms in total. The van der Waals surface area contributed by atoms with Gasteiger partial charge in [-0.15, -0.1) is 5.10 Å². The molecule has 0 fully saturated rings. The lowest BCUT2D eigenvalue weighted by Crippen LogP contribution is -2.10. The Balaban J connectivity index is 2.06. The molecule has 1 aromatic carbocycles. The lowest BCUT2D eigenvalue weighted by Gasteiger charge is -2.13. The summed E-state index contributed by atoms with van der Waals surface area (Å²) in [6, 6.07) is 7.50. The quantitative estimate of drug-likeness (QED) is 0.698. The van der Waals surface area contributed by atoms with E-state index in [0.29, 0.717) is 11.4 Å². The molecule has 0 radical (unpaired) electrons. The number of benzene rings is 1. The number of H-pyrrole nitrogens is 2. The number of methoxy groups -OCH3 is 1. The van der Waals surface area contributed by atoms with Crippen molar-refractivity contribution < 1.29 is 4.74 Å². The van der Waals surface area contributed by atoms with Crippen LogP contribution in [0.1, 0.15) is 18.9 Å². The van der Waals surface area contributed by atoms with Crippen molar-refractivity contribution in [2.24, 2.45) is 0 Å². The zero-order valence-corrected chi connectivity index (χ0v) is 14.8. The molecule has 0 unspecified atom stereocenters. The highest BCUT2D eigenvalue weighted by Crippen LogP contribution is 2.34. The smallest absolute Gasteiger partial charge is 0.259 e. The molecule has 3 aromatic rings. The Labute approximate surface area is 146 Å². The minimum Gasteiger partial charge on any atom is -0.495 e. The number of aromatic nitrogens is 5. The van der Waals surface area contributed by atoms with Gasteiger partial charge in [0.1, 0.15) is 5.75 Å². The first kappa shape index (κ1) is 16.4. The van der Waals surface area contributed by atoms with Gasteiger partial charge in [0.2, 0.25) is 0 Å². The summed E-state index contributed by atoms with van der Waals surface area (Å²) in [6.07, 6.45) is 1.89. The van der Waals surface area contributed by atoms with Gasteiger partial charge in [0, 0.05) is 5.69 Å². The van der Waals surface area contributed by atoms with Crippen LogP contribution in [-0.2, 0) is 6.42 Å². The van der Waals surface area contributed by atoms with Crippen molar-refractivity contribution >= 4 is 15.9 Å². The van der Waals surface area contributed by atoms with Crippen molar-refractivity contribution in [2.75, 3.05) is 7.11 Å². The Kier molecular flexibility index (Phi) is 4.75. The fraction of sp³-hybridized carbons (Fsp3) is 0.250. The first-order chi connectivity index (χ1) is 11.6. The minimum atomic E-state index is -0.255. The molecule has 0 spiro atoms. The van der Waals surface area contributed by atoms with Crippen molar-refractivity contribution in [2.45, 2.75) is 19.8 Å². The van der Waals surface area contributed by atoms with Crippen molar-refractivity contribution in [3.63, 3.8) is 0 Å². The SMILES string of the molecule is CCCc1cc(-c2ccc(-c3nnn[nH]3)c(=O)[nH]2)cc(Br)c1OC. The lowest BCUT2D eigenvalue weighted by molar-refractivity contribution is 0.407. The maximum absolute atomic E-state index is 12.3. The molecule has 2 N–H and O–H groups in total. The number of nitrogens with one attached hydrogen (secondary N) is 2. The highest BCUT2D eigenvalue weighted by atomic mass is 79.9. The largest absolute Gasteiger partial charge is 0.495 e. The standard InChI is InChI=1S/C16H16BrN5O2/c1-3-4-9-7-10(8-12(17)14(9)24-2)13-6-5-11(16(23)18-13)15-19-21-22-20-15/h5-8H,3-4H2,1-2H3,(H,18,23)(H,19,20,21,22). The molecule has 0 aliphatic carbocycles. The molecule has 124 valence electrons. The van der Waals surface area contributed by atoms with E-state index in [-0.39, 0.29) is 5.56 Å². The van der Waals surface area contributed by atoms with Gasteiger partial charge in [-0.2, -0.15) is 0 Å². The number of nitrogens with zero attached hydrogens (tertiary/aromatic N) is 3. The Morgan fingerprint density at radius 3 is 2.75 bits per heavy atom. The number of halogens is 1. The third-order valence-corrected chi connectivity index (χ3v) is 4.25. The fourth-order valence-corrected chi connectivity index (χ4v) is 3.25. The second-order valence-electron chi connectivity index (χ2n) is 5.27. The zero-order chi connectivity index (χ0) is 17.1. The van der Waals surface area contributed by atoms with Crippen LogP contribution in [0.5, 0.6) is 5.75 Å². The number of aryl methyl sites for hydroxylation is 1. The number of ether oxygens (including phenoxy) is 1. The Hall–Kier alpha value is -2.48. The normalized spacial score (nSPS) is 10.8. The van der Waals surface area contributed by atoms with E-state index in [4.69, 9.17) is 4.74 Å². The van der Waals surface area contributed by atoms with Crippen LogP contribution in [0.3, 0.4) is 0 Å². The molecule has 0 atom stereocenters. The third-order valence-electron chi connectivity index (χ3n) is 3.66. The Bertz CT molecular complexity index is 905. The molecule has 2 heterocycles. The van der Waals surface area contributed by atoms with Crippen molar-refractivity contribution in [3.05, 3.63) is 44.7 Å². The summed E-state index contributed by atoms with van der Waals surface area (Å²) in [4.78, 5) is 15.2. The average Bonchev–Trinajstić information content (AvgIpc) is 3.09. The van der Waals surface area contributed by atoms with Crippen LogP contribution < -0.4 is 10.3 Å². The summed E-state index contributed by atoms with van der Waals surface area (Å²) in [5.74, 6) is 1.16. The van der Waals surface area contributed by atoms with Crippen molar-refractivity contribution in [1.29, 1.82) is 0 Å². The molecule has 0 aliphatic rings. The second kappa shape index (κ2) is 6.96. The molecule has 24 heavy (non-hydrogen) atoms. The first-order valence-corrected chi connectivity index (χ1v) is 8.27. The van der Waals surface area contributed by atoms with Crippen LogP contribution in [0, 0.1) is 0 Å². The van der Waals surface area contributed by atoms with Gasteiger partial charge in [-0.3, -0.25) is 4.79 Å². The number of hydrogen-bond donors (Lipinski definition) is 2. The minimum absolute atomic E-state index is 0.255. The molecule has 0 saturated carbocycles. The van der Waals surface area contributed by atoms with Crippen LogP contribution >= 0.6 is 15.9 Å². The van der Waals surface area contributed by atoms with Gasteiger partial charge < -0.3 is 9.72 Å². The lowest BCUT2D eigenvalue weighted by atomic mass is 10.0. The molecule has 0 aliphatic heterocycles. The van der Waals surface area contributed by atoms with E-state index < -0.39 is 0 Å². The maximum atomic E-state index is 12.3. The van der Waals surface area contributed by atoms with Gasteiger partial charge in [-0.25, -0.2) is 5.10 Å². The maximum Gasteiger partial charge on any atom is 0.259 e. The number of tetrazole rings is 1. The van der Waals surface area contributed by atoms with Crippen LogP contribution in [0.4, 0.5) is 0 Å². The highest BCUT2D eigenvalue weighted by Gasteiger charge is 2.13. The topological polar surface area (TPSA) is 96.5 Å². The van der Waals surface area contributed by atoms with Gasteiger partial charge in [0.25, 0.3) is 5.56 Å². The van der Waals surface area contributed by atoms with Crippen LogP contribution in [0.15, 0.2) is 33.5 Å². The number of aromatic amines is 2. The predicted octanol–water partition coefficient (Wildman–Crippen LogP) is 2.95. The molecular weight excluding hydrogens is 374 g/mol. The van der Waals surface area contributed by atoms with Gasteiger partial charge >= 0.3 is 0 Å². The van der Waals surface area contributed by atoms with Crippen LogP contribution in [-0.4, -0.2) is 32.7 Å². The van der Waals surface area contributed by atoms with Crippen LogP contribution in [0.25, 0.3) is 22.6 Å². The van der Waals surface area contributed by atoms with Gasteiger partial charge in [0.15, 0.2) is 5.82 Å². The van der Waals surface area contributed by atoms with E-state index in [0.717, 1.165) is 39.9 Å². The predicted molar refractivity (Wildman–Crippen MR) is 93.9 cm³/mol. The average molecular weight is 390 g/mol. The molecule has 2 aromatic heterocycles. The fourth-order valence-electron chi connectivity index (χ4n) is 2.59. The Morgan fingerprint density at radius 2 is 2.12 bits per heavy atom. The Morgan fingerprint density at radius 1 is 1.29 bits per heavy atom. The van der Waals surface area contributed by atoms with Gasteiger partial charge in [-0.05, 0) is 68.2 Å². The zero-order valence-electron chi connectivity index (χ0n) is 13.3.